The average molecular weight is 431 g/mol. The second kappa shape index (κ2) is 11.3. The van der Waals surface area contributed by atoms with E-state index in [0.717, 1.165) is 11.0 Å². The van der Waals surface area contributed by atoms with Crippen LogP contribution < -0.4 is 4.72 Å². The largest absolute Gasteiger partial charge is 0.455 e. The predicted molar refractivity (Wildman–Crippen MR) is 115 cm³/mol. The lowest BCUT2D eigenvalue weighted by molar-refractivity contribution is -0.152. The van der Waals surface area contributed by atoms with Gasteiger partial charge in [-0.1, -0.05) is 60.7 Å². The Balaban J connectivity index is 1.82. The van der Waals surface area contributed by atoms with Crippen molar-refractivity contribution in [1.29, 1.82) is 0 Å². The molecule has 1 amide bonds. The molecule has 30 heavy (non-hydrogen) atoms. The average Bonchev–Trinajstić information content (AvgIpc) is 2.74. The van der Waals surface area contributed by atoms with Gasteiger partial charge in [0.1, 0.15) is 6.54 Å². The Morgan fingerprint density at radius 2 is 1.63 bits per heavy atom. The molecule has 7 nitrogen and oxygen atoms in total. The SMILES string of the molecule is CC(C)N(Cc1ccccc1)C(=O)COC(=O)CNS(=O)(=O)/C=C/c1ccccc1. The Morgan fingerprint density at radius 1 is 1.03 bits per heavy atom. The van der Waals surface area contributed by atoms with E-state index in [2.05, 4.69) is 4.72 Å². The lowest BCUT2D eigenvalue weighted by Gasteiger charge is -2.26. The van der Waals surface area contributed by atoms with Crippen LogP contribution in [0.4, 0.5) is 0 Å². The van der Waals surface area contributed by atoms with Crippen molar-refractivity contribution in [2.75, 3.05) is 13.2 Å². The number of esters is 1. The van der Waals surface area contributed by atoms with Crippen molar-refractivity contribution >= 4 is 28.0 Å². The first-order valence-electron chi connectivity index (χ1n) is 9.48. The van der Waals surface area contributed by atoms with Crippen molar-refractivity contribution in [3.8, 4) is 0 Å². The van der Waals surface area contributed by atoms with Crippen LogP contribution in [0.1, 0.15) is 25.0 Å². The molecular weight excluding hydrogens is 404 g/mol. The van der Waals surface area contributed by atoms with Gasteiger partial charge in [-0.25, -0.2) is 13.1 Å². The molecule has 8 heteroatoms. The van der Waals surface area contributed by atoms with E-state index in [1.165, 1.54) is 6.08 Å². The van der Waals surface area contributed by atoms with Crippen molar-refractivity contribution in [3.05, 3.63) is 77.2 Å². The third-order valence-electron chi connectivity index (χ3n) is 4.15. The van der Waals surface area contributed by atoms with Gasteiger partial charge >= 0.3 is 5.97 Å². The zero-order valence-corrected chi connectivity index (χ0v) is 17.8. The second-order valence-corrected chi connectivity index (χ2v) is 8.49. The van der Waals surface area contributed by atoms with E-state index in [-0.39, 0.29) is 11.9 Å². The van der Waals surface area contributed by atoms with E-state index >= 15 is 0 Å². The van der Waals surface area contributed by atoms with Crippen LogP contribution in [-0.2, 0) is 30.9 Å². The summed E-state index contributed by atoms with van der Waals surface area (Å²) in [6.07, 6.45) is 1.42. The Bertz CT molecular complexity index is 958. The van der Waals surface area contributed by atoms with Gasteiger partial charge in [0, 0.05) is 18.0 Å². The molecule has 0 unspecified atom stereocenters. The molecule has 0 atom stereocenters. The van der Waals surface area contributed by atoms with Crippen molar-refractivity contribution in [2.24, 2.45) is 0 Å². The highest BCUT2D eigenvalue weighted by molar-refractivity contribution is 7.92. The Kier molecular flexibility index (Phi) is 8.76. The molecule has 1 N–H and O–H groups in total. The number of nitrogens with one attached hydrogen (secondary N) is 1. The van der Waals surface area contributed by atoms with Gasteiger partial charge in [-0.3, -0.25) is 9.59 Å². The molecule has 0 bridgehead atoms. The quantitative estimate of drug-likeness (QED) is 0.585. The van der Waals surface area contributed by atoms with E-state index in [0.29, 0.717) is 12.1 Å². The summed E-state index contributed by atoms with van der Waals surface area (Å²) in [6, 6.07) is 18.3. The minimum atomic E-state index is -3.81. The number of amides is 1. The van der Waals surface area contributed by atoms with Crippen LogP contribution in [0.15, 0.2) is 66.1 Å². The summed E-state index contributed by atoms with van der Waals surface area (Å²) in [5.41, 5.74) is 1.67. The maximum absolute atomic E-state index is 12.5. The van der Waals surface area contributed by atoms with Crippen LogP contribution in [0.5, 0.6) is 0 Å². The lowest BCUT2D eigenvalue weighted by atomic mass is 10.2. The van der Waals surface area contributed by atoms with Crippen LogP contribution in [0.2, 0.25) is 0 Å². The first kappa shape index (κ1) is 23.3. The normalized spacial score (nSPS) is 11.6. The molecule has 0 aliphatic heterocycles. The van der Waals surface area contributed by atoms with Gasteiger partial charge in [0.15, 0.2) is 6.61 Å². The van der Waals surface area contributed by atoms with Gasteiger partial charge in [-0.05, 0) is 31.1 Å². The Morgan fingerprint density at radius 3 is 2.23 bits per heavy atom. The van der Waals surface area contributed by atoms with Crippen molar-refractivity contribution < 1.29 is 22.7 Å². The highest BCUT2D eigenvalue weighted by Gasteiger charge is 2.19. The fourth-order valence-electron chi connectivity index (χ4n) is 2.55. The molecule has 2 aromatic carbocycles. The smallest absolute Gasteiger partial charge is 0.321 e. The molecule has 0 radical (unpaired) electrons. The molecule has 0 aromatic heterocycles. The second-order valence-electron chi connectivity index (χ2n) is 6.84. The highest BCUT2D eigenvalue weighted by Crippen LogP contribution is 2.09. The van der Waals surface area contributed by atoms with E-state index < -0.39 is 29.1 Å². The first-order chi connectivity index (χ1) is 14.3. The number of sulfonamides is 1. The molecule has 0 saturated carbocycles. The van der Waals surface area contributed by atoms with Crippen LogP contribution in [0.25, 0.3) is 6.08 Å². The fourth-order valence-corrected chi connectivity index (χ4v) is 3.31. The third-order valence-corrected chi connectivity index (χ3v) is 5.19. The number of benzene rings is 2. The molecule has 160 valence electrons. The molecule has 0 aliphatic rings. The summed E-state index contributed by atoms with van der Waals surface area (Å²) in [4.78, 5) is 25.9. The van der Waals surface area contributed by atoms with Crippen molar-refractivity contribution in [3.63, 3.8) is 0 Å². The maximum atomic E-state index is 12.5. The van der Waals surface area contributed by atoms with Crippen LogP contribution in [0.3, 0.4) is 0 Å². The predicted octanol–water partition coefficient (Wildman–Crippen LogP) is 2.56. The molecule has 2 rings (SSSR count). The summed E-state index contributed by atoms with van der Waals surface area (Å²) in [7, 11) is -3.81. The summed E-state index contributed by atoms with van der Waals surface area (Å²) in [5.74, 6) is -1.18. The van der Waals surface area contributed by atoms with Crippen LogP contribution in [0, 0.1) is 0 Å². The number of rotatable bonds is 10. The topological polar surface area (TPSA) is 92.8 Å². The van der Waals surface area contributed by atoms with Gasteiger partial charge in [0.05, 0.1) is 0 Å². The molecule has 0 saturated heterocycles. The lowest BCUT2D eigenvalue weighted by Crippen LogP contribution is -2.40. The molecule has 2 aromatic rings. The van der Waals surface area contributed by atoms with E-state index in [9.17, 15) is 18.0 Å². The van der Waals surface area contributed by atoms with E-state index in [1.807, 2.05) is 50.2 Å². The first-order valence-corrected chi connectivity index (χ1v) is 11.0. The Labute approximate surface area is 177 Å². The minimum absolute atomic E-state index is 0.0852. The summed E-state index contributed by atoms with van der Waals surface area (Å²) >= 11 is 0. The minimum Gasteiger partial charge on any atom is -0.455 e. The fraction of sp³-hybridized carbons (Fsp3) is 0.273. The number of nitrogens with zero attached hydrogens (tertiary/aromatic N) is 1. The van der Waals surface area contributed by atoms with Crippen LogP contribution in [-0.4, -0.2) is 44.4 Å². The van der Waals surface area contributed by atoms with Gasteiger partial charge in [-0.15, -0.1) is 0 Å². The summed E-state index contributed by atoms with van der Waals surface area (Å²) in [6.45, 7) is 3.12. The molecule has 0 fully saturated rings. The molecule has 0 aliphatic carbocycles. The molecule has 0 heterocycles. The zero-order valence-electron chi connectivity index (χ0n) is 17.0. The van der Waals surface area contributed by atoms with Gasteiger partial charge in [0.25, 0.3) is 5.91 Å². The summed E-state index contributed by atoms with van der Waals surface area (Å²) in [5, 5.41) is 0.973. The van der Waals surface area contributed by atoms with Crippen molar-refractivity contribution in [1.82, 2.24) is 9.62 Å². The number of hydrogen-bond donors (Lipinski definition) is 1. The zero-order chi connectivity index (χ0) is 22.0. The Hall–Kier alpha value is -2.97. The summed E-state index contributed by atoms with van der Waals surface area (Å²) < 4.78 is 31.0. The number of carbonyl (C=O) groups is 2. The highest BCUT2D eigenvalue weighted by atomic mass is 32.2. The number of ether oxygens (including phenoxy) is 1. The van der Waals surface area contributed by atoms with Gasteiger partial charge in [0.2, 0.25) is 10.0 Å². The maximum Gasteiger partial charge on any atom is 0.321 e. The van der Waals surface area contributed by atoms with Crippen molar-refractivity contribution in [2.45, 2.75) is 26.4 Å². The van der Waals surface area contributed by atoms with E-state index in [1.54, 1.807) is 29.2 Å². The monoisotopic (exact) mass is 430 g/mol. The molecule has 0 spiro atoms. The molecular formula is C22H26N2O5S. The third kappa shape index (κ3) is 8.18. The van der Waals surface area contributed by atoms with Crippen LogP contribution >= 0.6 is 0 Å². The number of hydrogen-bond acceptors (Lipinski definition) is 5. The standard InChI is InChI=1S/C22H26N2O5S/c1-18(2)24(16-20-11-7-4-8-12-20)21(25)17-29-22(26)15-23-30(27,28)14-13-19-9-5-3-6-10-19/h3-14,18,23H,15-17H2,1-2H3/b14-13+. The van der Waals surface area contributed by atoms with Gasteiger partial charge in [-0.2, -0.15) is 0 Å². The number of carbonyl (C=O) groups excluding carboxylic acids is 2. The van der Waals surface area contributed by atoms with E-state index in [4.69, 9.17) is 4.74 Å². The van der Waals surface area contributed by atoms with Gasteiger partial charge < -0.3 is 9.64 Å².